The molecule has 0 spiro atoms. The Morgan fingerprint density at radius 2 is 1.71 bits per heavy atom. The molecule has 1 aliphatic heterocycles. The Kier molecular flexibility index (Phi) is 10.4. The summed E-state index contributed by atoms with van der Waals surface area (Å²) in [7, 11) is 0. The van der Waals surface area contributed by atoms with Gasteiger partial charge >= 0.3 is 0 Å². The molecule has 1 fully saturated rings. The molecule has 1 aliphatic rings. The van der Waals surface area contributed by atoms with Gasteiger partial charge in [-0.2, -0.15) is 0 Å². The van der Waals surface area contributed by atoms with Crippen molar-refractivity contribution in [2.24, 2.45) is 5.73 Å². The number of hydrogen-bond donors (Lipinski definition) is 2. The summed E-state index contributed by atoms with van der Waals surface area (Å²) in [5, 5.41) is 2.93. The summed E-state index contributed by atoms with van der Waals surface area (Å²) in [6.07, 6.45) is 0. The molecule has 28 heavy (non-hydrogen) atoms. The van der Waals surface area contributed by atoms with Gasteiger partial charge in [0.2, 0.25) is 5.91 Å². The van der Waals surface area contributed by atoms with Crippen LogP contribution < -0.4 is 11.1 Å². The summed E-state index contributed by atoms with van der Waals surface area (Å²) in [6, 6.07) is 15.0. The van der Waals surface area contributed by atoms with Gasteiger partial charge in [0.1, 0.15) is 11.9 Å². The van der Waals surface area contributed by atoms with Gasteiger partial charge < -0.3 is 15.8 Å². The zero-order valence-corrected chi connectivity index (χ0v) is 17.1. The molecule has 2 aromatic rings. The molecule has 0 aliphatic carbocycles. The minimum Gasteiger partial charge on any atom is -0.379 e. The second-order valence-corrected chi connectivity index (χ2v) is 6.37. The van der Waals surface area contributed by atoms with Crippen LogP contribution in [-0.4, -0.2) is 43.7 Å². The quantitative estimate of drug-likeness (QED) is 0.740. The van der Waals surface area contributed by atoms with Crippen molar-refractivity contribution in [2.45, 2.75) is 12.1 Å². The zero-order chi connectivity index (χ0) is 18.4. The fraction of sp³-hybridized carbons (Fsp3) is 0.350. The van der Waals surface area contributed by atoms with Crippen molar-refractivity contribution in [3.63, 3.8) is 0 Å². The Hall–Kier alpha value is -1.70. The number of carbonyl (C=O) groups is 1. The normalized spacial score (nSPS) is 16.2. The molecule has 2 aromatic carbocycles. The van der Waals surface area contributed by atoms with E-state index in [0.29, 0.717) is 38.4 Å². The molecular formula is C20H26Cl2FN3O2. The summed E-state index contributed by atoms with van der Waals surface area (Å²) >= 11 is 0. The average molecular weight is 430 g/mol. The van der Waals surface area contributed by atoms with E-state index in [1.54, 1.807) is 12.1 Å². The largest absolute Gasteiger partial charge is 0.379 e. The number of hydrogen-bond acceptors (Lipinski definition) is 4. The first kappa shape index (κ1) is 24.3. The third kappa shape index (κ3) is 6.43. The lowest BCUT2D eigenvalue weighted by molar-refractivity contribution is -0.128. The highest BCUT2D eigenvalue weighted by Crippen LogP contribution is 2.23. The predicted molar refractivity (Wildman–Crippen MR) is 112 cm³/mol. The van der Waals surface area contributed by atoms with Crippen LogP contribution >= 0.6 is 24.8 Å². The summed E-state index contributed by atoms with van der Waals surface area (Å²) in [6.45, 7) is 2.68. The third-order valence-electron chi connectivity index (χ3n) is 4.55. The fourth-order valence-electron chi connectivity index (χ4n) is 3.17. The molecule has 2 unspecified atom stereocenters. The highest BCUT2D eigenvalue weighted by molar-refractivity contribution is 5.85. The van der Waals surface area contributed by atoms with Crippen molar-refractivity contribution in [2.75, 3.05) is 32.8 Å². The number of halogens is 3. The minimum absolute atomic E-state index is 0. The highest BCUT2D eigenvalue weighted by Gasteiger charge is 2.29. The lowest BCUT2D eigenvalue weighted by Gasteiger charge is -2.34. The Morgan fingerprint density at radius 1 is 1.07 bits per heavy atom. The molecule has 3 rings (SSSR count). The molecule has 8 heteroatoms. The summed E-state index contributed by atoms with van der Waals surface area (Å²) in [4.78, 5) is 14.9. The van der Waals surface area contributed by atoms with Crippen LogP contribution in [0.1, 0.15) is 23.2 Å². The van der Waals surface area contributed by atoms with Crippen LogP contribution in [0.3, 0.4) is 0 Å². The molecule has 1 heterocycles. The van der Waals surface area contributed by atoms with E-state index in [9.17, 15) is 9.18 Å². The fourth-order valence-corrected chi connectivity index (χ4v) is 3.17. The van der Waals surface area contributed by atoms with E-state index in [0.717, 1.165) is 5.56 Å². The van der Waals surface area contributed by atoms with Gasteiger partial charge in [0.05, 0.1) is 13.2 Å². The van der Waals surface area contributed by atoms with Crippen molar-refractivity contribution in [1.82, 2.24) is 10.2 Å². The molecule has 0 radical (unpaired) electrons. The highest BCUT2D eigenvalue weighted by atomic mass is 35.5. The van der Waals surface area contributed by atoms with Crippen molar-refractivity contribution >= 4 is 30.7 Å². The van der Waals surface area contributed by atoms with E-state index >= 15 is 0 Å². The van der Waals surface area contributed by atoms with Gasteiger partial charge in [-0.15, -0.1) is 24.8 Å². The van der Waals surface area contributed by atoms with E-state index in [2.05, 4.69) is 5.32 Å². The summed E-state index contributed by atoms with van der Waals surface area (Å²) < 4.78 is 19.1. The van der Waals surface area contributed by atoms with E-state index < -0.39 is 6.04 Å². The van der Waals surface area contributed by atoms with Crippen molar-refractivity contribution in [1.29, 1.82) is 0 Å². The van der Waals surface area contributed by atoms with Gasteiger partial charge in [-0.1, -0.05) is 42.5 Å². The van der Waals surface area contributed by atoms with Crippen LogP contribution in [0.25, 0.3) is 0 Å². The van der Waals surface area contributed by atoms with Crippen molar-refractivity contribution in [3.8, 4) is 0 Å². The molecule has 5 nitrogen and oxygen atoms in total. The minimum atomic E-state index is -0.558. The molecule has 0 aromatic heterocycles. The van der Waals surface area contributed by atoms with Gasteiger partial charge in [0, 0.05) is 25.7 Å². The number of rotatable bonds is 6. The molecule has 0 saturated carbocycles. The van der Waals surface area contributed by atoms with E-state index in [1.807, 2.05) is 35.2 Å². The van der Waals surface area contributed by atoms with Gasteiger partial charge in [0.15, 0.2) is 0 Å². The van der Waals surface area contributed by atoms with E-state index in [1.165, 1.54) is 12.1 Å². The van der Waals surface area contributed by atoms with Gasteiger partial charge in [-0.25, -0.2) is 4.39 Å². The number of nitrogens with zero attached hydrogens (tertiary/aromatic N) is 1. The smallest absolute Gasteiger partial charge is 0.242 e. The number of nitrogens with one attached hydrogen (secondary N) is 1. The molecular weight excluding hydrogens is 404 g/mol. The maximum absolute atomic E-state index is 13.7. The van der Waals surface area contributed by atoms with Crippen molar-refractivity contribution < 1.29 is 13.9 Å². The van der Waals surface area contributed by atoms with Crippen LogP contribution in [0.2, 0.25) is 0 Å². The first-order chi connectivity index (χ1) is 12.6. The number of amides is 1. The molecule has 0 bridgehead atoms. The number of ether oxygens (including phenoxy) is 1. The Morgan fingerprint density at radius 3 is 2.36 bits per heavy atom. The standard InChI is InChI=1S/C20H24FN3O2.2ClH/c21-17-8-4-7-16(13-17)19(24-9-11-26-12-10-24)20(25)23-14-18(22)15-5-2-1-3-6-15;;/h1-8,13,18-19H,9-12,14,22H2,(H,23,25);2*1H. The lowest BCUT2D eigenvalue weighted by atomic mass is 10.0. The Bertz CT molecular complexity index is 730. The predicted octanol–water partition coefficient (Wildman–Crippen LogP) is 2.86. The number of carbonyl (C=O) groups excluding carboxylic acids is 1. The molecule has 2 atom stereocenters. The average Bonchev–Trinajstić information content (AvgIpc) is 2.68. The maximum Gasteiger partial charge on any atom is 0.242 e. The summed E-state index contributed by atoms with van der Waals surface area (Å²) in [5.41, 5.74) is 7.77. The van der Waals surface area contributed by atoms with Crippen LogP contribution in [0.5, 0.6) is 0 Å². The molecule has 1 saturated heterocycles. The zero-order valence-electron chi connectivity index (χ0n) is 15.4. The SMILES string of the molecule is Cl.Cl.NC(CNC(=O)C(c1cccc(F)c1)N1CCOCC1)c1ccccc1. The van der Waals surface area contributed by atoms with Gasteiger partial charge in [0.25, 0.3) is 0 Å². The first-order valence-corrected chi connectivity index (χ1v) is 8.80. The van der Waals surface area contributed by atoms with Gasteiger partial charge in [-0.3, -0.25) is 9.69 Å². The van der Waals surface area contributed by atoms with E-state index in [-0.39, 0.29) is 42.6 Å². The van der Waals surface area contributed by atoms with Crippen LogP contribution in [0.15, 0.2) is 54.6 Å². The third-order valence-corrected chi connectivity index (χ3v) is 4.55. The monoisotopic (exact) mass is 429 g/mol. The lowest BCUT2D eigenvalue weighted by Crippen LogP contribution is -2.46. The number of benzene rings is 2. The van der Waals surface area contributed by atoms with Crippen LogP contribution in [0, 0.1) is 5.82 Å². The Balaban J connectivity index is 0.00000196. The summed E-state index contributed by atoms with van der Waals surface area (Å²) in [5.74, 6) is -0.529. The molecule has 154 valence electrons. The van der Waals surface area contributed by atoms with E-state index in [4.69, 9.17) is 10.5 Å². The second kappa shape index (κ2) is 12.0. The first-order valence-electron chi connectivity index (χ1n) is 8.80. The second-order valence-electron chi connectivity index (χ2n) is 6.37. The van der Waals surface area contributed by atoms with Crippen molar-refractivity contribution in [3.05, 3.63) is 71.5 Å². The van der Waals surface area contributed by atoms with Crippen LogP contribution in [-0.2, 0) is 9.53 Å². The topological polar surface area (TPSA) is 67.6 Å². The number of nitrogens with two attached hydrogens (primary N) is 1. The molecule has 3 N–H and O–H groups in total. The molecule has 1 amide bonds. The maximum atomic E-state index is 13.7. The van der Waals surface area contributed by atoms with Gasteiger partial charge in [-0.05, 0) is 23.3 Å². The number of morpholine rings is 1. The Labute approximate surface area is 177 Å². The van der Waals surface area contributed by atoms with Crippen LogP contribution in [0.4, 0.5) is 4.39 Å².